The molecule has 0 aliphatic heterocycles. The summed E-state index contributed by atoms with van der Waals surface area (Å²) in [6.45, 7) is 6.34. The van der Waals surface area contributed by atoms with Gasteiger partial charge in [0.15, 0.2) is 0 Å². The molecule has 198 valence electrons. The van der Waals surface area contributed by atoms with Gasteiger partial charge in [0.2, 0.25) is 0 Å². The van der Waals surface area contributed by atoms with E-state index in [1.54, 1.807) is 60.7 Å². The number of anilines is 1. The summed E-state index contributed by atoms with van der Waals surface area (Å²) in [5.41, 5.74) is 3.10. The standard InChI is InChI=1S/C31H28N2O6/c1-31(2,3)24-12-10-22(11-13-24)29(34)32-25-8-5-7-23(19-25)30(35)38-20-21-6-4-9-28(18-21)39-27-16-14-26(15-17-27)33(36)37/h4-19H,20H2,1-3H3,(H,32,34). The Balaban J connectivity index is 1.35. The van der Waals surface area contributed by atoms with E-state index in [2.05, 4.69) is 26.1 Å². The Labute approximate surface area is 226 Å². The smallest absolute Gasteiger partial charge is 0.338 e. The summed E-state index contributed by atoms with van der Waals surface area (Å²) in [4.78, 5) is 35.7. The first kappa shape index (κ1) is 27.1. The topological polar surface area (TPSA) is 108 Å². The lowest BCUT2D eigenvalue weighted by Gasteiger charge is -2.19. The number of carbonyl (C=O) groups is 2. The molecular weight excluding hydrogens is 496 g/mol. The molecule has 4 aromatic carbocycles. The van der Waals surface area contributed by atoms with Crippen molar-refractivity contribution >= 4 is 23.3 Å². The highest BCUT2D eigenvalue weighted by atomic mass is 16.6. The van der Waals surface area contributed by atoms with Crippen LogP contribution in [0, 0.1) is 10.1 Å². The molecule has 0 saturated carbocycles. The number of hydrogen-bond acceptors (Lipinski definition) is 6. The lowest BCUT2D eigenvalue weighted by atomic mass is 9.87. The molecule has 8 heteroatoms. The normalized spacial score (nSPS) is 10.9. The van der Waals surface area contributed by atoms with Gasteiger partial charge in [-0.3, -0.25) is 14.9 Å². The maximum atomic E-state index is 12.7. The van der Waals surface area contributed by atoms with E-state index in [0.29, 0.717) is 33.9 Å². The fourth-order valence-electron chi connectivity index (χ4n) is 3.75. The van der Waals surface area contributed by atoms with Gasteiger partial charge in [-0.05, 0) is 71.1 Å². The van der Waals surface area contributed by atoms with Crippen LogP contribution >= 0.6 is 0 Å². The van der Waals surface area contributed by atoms with Gasteiger partial charge >= 0.3 is 5.97 Å². The van der Waals surface area contributed by atoms with Crippen LogP contribution in [0.4, 0.5) is 11.4 Å². The molecule has 0 atom stereocenters. The highest BCUT2D eigenvalue weighted by Gasteiger charge is 2.15. The first-order valence-corrected chi connectivity index (χ1v) is 12.3. The number of esters is 1. The summed E-state index contributed by atoms with van der Waals surface area (Å²) in [6.07, 6.45) is 0. The monoisotopic (exact) mass is 524 g/mol. The molecule has 4 aromatic rings. The molecule has 0 heterocycles. The Morgan fingerprint density at radius 2 is 1.51 bits per heavy atom. The second-order valence-electron chi connectivity index (χ2n) is 9.94. The minimum absolute atomic E-state index is 0.00695. The van der Waals surface area contributed by atoms with Crippen LogP contribution in [0.3, 0.4) is 0 Å². The maximum absolute atomic E-state index is 12.7. The predicted octanol–water partition coefficient (Wildman–Crippen LogP) is 7.29. The van der Waals surface area contributed by atoms with Crippen LogP contribution in [0.5, 0.6) is 11.5 Å². The van der Waals surface area contributed by atoms with Gasteiger partial charge in [0.05, 0.1) is 10.5 Å². The van der Waals surface area contributed by atoms with Crippen LogP contribution in [0.2, 0.25) is 0 Å². The maximum Gasteiger partial charge on any atom is 0.338 e. The minimum Gasteiger partial charge on any atom is -0.457 e. The minimum atomic E-state index is -0.540. The first-order chi connectivity index (χ1) is 18.6. The highest BCUT2D eigenvalue weighted by Crippen LogP contribution is 2.25. The van der Waals surface area contributed by atoms with Crippen LogP contribution in [0.25, 0.3) is 0 Å². The fraction of sp³-hybridized carbons (Fsp3) is 0.161. The van der Waals surface area contributed by atoms with E-state index in [1.807, 2.05) is 12.1 Å². The number of ether oxygens (including phenoxy) is 2. The highest BCUT2D eigenvalue weighted by molar-refractivity contribution is 6.04. The lowest BCUT2D eigenvalue weighted by molar-refractivity contribution is -0.384. The van der Waals surface area contributed by atoms with E-state index in [4.69, 9.17) is 9.47 Å². The zero-order valence-electron chi connectivity index (χ0n) is 21.8. The molecule has 0 saturated heterocycles. The van der Waals surface area contributed by atoms with Crippen molar-refractivity contribution in [3.05, 3.63) is 129 Å². The number of nitrogens with one attached hydrogen (secondary N) is 1. The molecule has 8 nitrogen and oxygen atoms in total. The van der Waals surface area contributed by atoms with Crippen LogP contribution in [-0.4, -0.2) is 16.8 Å². The fourth-order valence-corrected chi connectivity index (χ4v) is 3.75. The van der Waals surface area contributed by atoms with Gasteiger partial charge in [-0.25, -0.2) is 4.79 Å². The zero-order valence-corrected chi connectivity index (χ0v) is 21.8. The number of rotatable bonds is 8. The number of non-ortho nitro benzene ring substituents is 1. The summed E-state index contributed by atoms with van der Waals surface area (Å²) in [5, 5.41) is 13.6. The molecule has 0 radical (unpaired) electrons. The first-order valence-electron chi connectivity index (χ1n) is 12.3. The second kappa shape index (κ2) is 11.6. The Hall–Kier alpha value is -4.98. The molecule has 0 bridgehead atoms. The number of nitro groups is 1. The molecule has 1 amide bonds. The number of benzene rings is 4. The predicted molar refractivity (Wildman–Crippen MR) is 148 cm³/mol. The summed E-state index contributed by atoms with van der Waals surface area (Å²) >= 11 is 0. The summed E-state index contributed by atoms with van der Waals surface area (Å²) in [6, 6.07) is 26.8. The van der Waals surface area contributed by atoms with Crippen molar-refractivity contribution in [1.82, 2.24) is 0 Å². The van der Waals surface area contributed by atoms with Crippen molar-refractivity contribution in [3.63, 3.8) is 0 Å². The van der Waals surface area contributed by atoms with Gasteiger partial charge < -0.3 is 14.8 Å². The van der Waals surface area contributed by atoms with Crippen molar-refractivity contribution in [2.45, 2.75) is 32.8 Å². The van der Waals surface area contributed by atoms with Gasteiger partial charge in [-0.2, -0.15) is 0 Å². The van der Waals surface area contributed by atoms with Crippen LogP contribution < -0.4 is 10.1 Å². The molecule has 0 fully saturated rings. The third kappa shape index (κ3) is 7.29. The van der Waals surface area contributed by atoms with E-state index < -0.39 is 10.9 Å². The van der Waals surface area contributed by atoms with E-state index in [1.165, 1.54) is 24.3 Å². The van der Waals surface area contributed by atoms with Crippen LogP contribution in [0.1, 0.15) is 52.6 Å². The van der Waals surface area contributed by atoms with Gasteiger partial charge in [0.1, 0.15) is 18.1 Å². The van der Waals surface area contributed by atoms with E-state index in [9.17, 15) is 19.7 Å². The van der Waals surface area contributed by atoms with Crippen molar-refractivity contribution in [2.24, 2.45) is 0 Å². The third-order valence-corrected chi connectivity index (χ3v) is 5.92. The molecule has 4 rings (SSSR count). The summed E-state index contributed by atoms with van der Waals surface area (Å²) < 4.78 is 11.2. The van der Waals surface area contributed by atoms with Crippen molar-refractivity contribution in [2.75, 3.05) is 5.32 Å². The van der Waals surface area contributed by atoms with Crippen molar-refractivity contribution < 1.29 is 24.0 Å². The average Bonchev–Trinajstić information content (AvgIpc) is 2.92. The van der Waals surface area contributed by atoms with Gasteiger partial charge in [0, 0.05) is 23.4 Å². The third-order valence-electron chi connectivity index (χ3n) is 5.92. The second-order valence-corrected chi connectivity index (χ2v) is 9.94. The zero-order chi connectivity index (χ0) is 28.0. The van der Waals surface area contributed by atoms with E-state index in [-0.39, 0.29) is 23.6 Å². The number of hydrogen-bond donors (Lipinski definition) is 1. The van der Waals surface area contributed by atoms with Crippen molar-refractivity contribution in [1.29, 1.82) is 0 Å². The Kier molecular flexibility index (Phi) is 8.05. The molecule has 0 unspecified atom stereocenters. The number of amides is 1. The quantitative estimate of drug-likeness (QED) is 0.147. The molecule has 0 aromatic heterocycles. The average molecular weight is 525 g/mol. The van der Waals surface area contributed by atoms with E-state index >= 15 is 0 Å². The molecule has 0 aliphatic rings. The Bertz CT molecular complexity index is 1490. The molecular formula is C31H28N2O6. The van der Waals surface area contributed by atoms with Crippen molar-refractivity contribution in [3.8, 4) is 11.5 Å². The largest absolute Gasteiger partial charge is 0.457 e. The van der Waals surface area contributed by atoms with E-state index in [0.717, 1.165) is 5.56 Å². The van der Waals surface area contributed by atoms with Crippen LogP contribution in [0.15, 0.2) is 97.1 Å². The summed E-state index contributed by atoms with van der Waals surface area (Å²) in [7, 11) is 0. The molecule has 39 heavy (non-hydrogen) atoms. The summed E-state index contributed by atoms with van der Waals surface area (Å²) in [5.74, 6) is 0.129. The Morgan fingerprint density at radius 3 is 2.18 bits per heavy atom. The number of carbonyl (C=O) groups excluding carboxylic acids is 2. The molecule has 0 aliphatic carbocycles. The van der Waals surface area contributed by atoms with Gasteiger partial charge in [-0.15, -0.1) is 0 Å². The number of nitro benzene ring substituents is 1. The van der Waals surface area contributed by atoms with Crippen LogP contribution in [-0.2, 0) is 16.8 Å². The molecule has 1 N–H and O–H groups in total. The number of nitrogens with zero attached hydrogens (tertiary/aromatic N) is 1. The Morgan fingerprint density at radius 1 is 0.821 bits per heavy atom. The SMILES string of the molecule is CC(C)(C)c1ccc(C(=O)Nc2cccc(C(=O)OCc3cccc(Oc4ccc([N+](=O)[O-])cc4)c3)c2)cc1. The van der Waals surface area contributed by atoms with Gasteiger partial charge in [-0.1, -0.05) is 51.1 Å². The van der Waals surface area contributed by atoms with Gasteiger partial charge in [0.25, 0.3) is 11.6 Å². The lowest BCUT2D eigenvalue weighted by Crippen LogP contribution is -2.14. The molecule has 0 spiro atoms.